The van der Waals surface area contributed by atoms with E-state index in [4.69, 9.17) is 0 Å². The van der Waals surface area contributed by atoms with Gasteiger partial charge in [0.2, 0.25) is 5.91 Å². The molecule has 1 saturated heterocycles. The Balaban J connectivity index is 0.00000280. The van der Waals surface area contributed by atoms with E-state index in [0.717, 1.165) is 17.8 Å². The lowest BCUT2D eigenvalue weighted by atomic mass is 10.0. The first-order valence-electron chi connectivity index (χ1n) is 8.38. The molecule has 0 aliphatic carbocycles. The molecule has 0 unspecified atom stereocenters. The van der Waals surface area contributed by atoms with Crippen LogP contribution in [0.25, 0.3) is 11.1 Å². The first-order chi connectivity index (χ1) is 12.7. The number of alkyl halides is 4. The van der Waals surface area contributed by atoms with E-state index in [-0.39, 0.29) is 37.8 Å². The van der Waals surface area contributed by atoms with Crippen LogP contribution in [-0.4, -0.2) is 34.6 Å². The number of hydrogen-bond donors (Lipinski definition) is 2. The van der Waals surface area contributed by atoms with Gasteiger partial charge in [-0.25, -0.2) is 4.39 Å². The lowest BCUT2D eigenvalue weighted by molar-refractivity contribution is -0.141. The van der Waals surface area contributed by atoms with Crippen molar-refractivity contribution in [3.8, 4) is 11.1 Å². The second kappa shape index (κ2) is 8.83. The third kappa shape index (κ3) is 5.17. The summed E-state index contributed by atoms with van der Waals surface area (Å²) in [5.41, 5.74) is 1.55. The molecule has 0 radical (unpaired) electrons. The molecule has 1 fully saturated rings. The average Bonchev–Trinajstić information content (AvgIpc) is 3.07. The zero-order valence-corrected chi connectivity index (χ0v) is 15.7. The molecule has 3 rings (SSSR count). The molecule has 1 aliphatic rings. The monoisotopic (exact) mass is 418 g/mol. The van der Waals surface area contributed by atoms with Crippen LogP contribution >= 0.6 is 12.4 Å². The first kappa shape index (κ1) is 22.0. The number of carbonyl (C=O) groups is 1. The highest BCUT2D eigenvalue weighted by molar-refractivity contribution is 5.85. The minimum Gasteiger partial charge on any atom is -0.349 e. The second-order valence-electron chi connectivity index (χ2n) is 6.43. The summed E-state index contributed by atoms with van der Waals surface area (Å²) in [5, 5.41) is 5.49. The molecule has 2 aromatic rings. The van der Waals surface area contributed by atoms with Gasteiger partial charge in [0, 0.05) is 30.9 Å². The molecule has 1 aliphatic heterocycles. The second-order valence-corrected chi connectivity index (χ2v) is 6.43. The number of pyridine rings is 2. The summed E-state index contributed by atoms with van der Waals surface area (Å²) in [4.78, 5) is 19.7. The van der Waals surface area contributed by atoms with Crippen LogP contribution in [-0.2, 0) is 17.5 Å². The summed E-state index contributed by atoms with van der Waals surface area (Å²) in [6, 6.07) is 3.41. The Morgan fingerprint density at radius 2 is 2.04 bits per heavy atom. The average molecular weight is 419 g/mol. The van der Waals surface area contributed by atoms with Gasteiger partial charge in [0.15, 0.2) is 0 Å². The molecular formula is C18H19ClF4N4O. The summed E-state index contributed by atoms with van der Waals surface area (Å²) < 4.78 is 51.1. The molecule has 152 valence electrons. The molecule has 5 nitrogen and oxygen atoms in total. The third-order valence-electron chi connectivity index (χ3n) is 4.36. The van der Waals surface area contributed by atoms with E-state index < -0.39 is 24.1 Å². The van der Waals surface area contributed by atoms with Gasteiger partial charge in [-0.3, -0.25) is 14.8 Å². The number of nitrogens with zero attached hydrogens (tertiary/aromatic N) is 2. The lowest BCUT2D eigenvalue weighted by Crippen LogP contribution is -2.40. The number of halogens is 5. The largest absolute Gasteiger partial charge is 0.433 e. The maximum absolute atomic E-state index is 13.2. The van der Waals surface area contributed by atoms with Crippen LogP contribution < -0.4 is 10.6 Å². The van der Waals surface area contributed by atoms with Gasteiger partial charge in [-0.15, -0.1) is 12.4 Å². The Bertz CT molecular complexity index is 829. The zero-order chi connectivity index (χ0) is 19.6. The number of aryl methyl sites for hydroxylation is 1. The molecule has 10 heteroatoms. The van der Waals surface area contributed by atoms with Gasteiger partial charge < -0.3 is 10.6 Å². The van der Waals surface area contributed by atoms with Gasteiger partial charge in [-0.1, -0.05) is 6.07 Å². The molecule has 2 atom stereocenters. The summed E-state index contributed by atoms with van der Waals surface area (Å²) in [6.07, 6.45) is -2.64. The van der Waals surface area contributed by atoms with Crippen molar-refractivity contribution >= 4 is 18.3 Å². The summed E-state index contributed by atoms with van der Waals surface area (Å²) in [6.45, 7) is 2.08. The molecular weight excluding hydrogens is 400 g/mol. The minimum atomic E-state index is -4.49. The predicted octanol–water partition coefficient (Wildman–Crippen LogP) is 3.21. The number of carbonyl (C=O) groups excluding carboxylic acids is 1. The zero-order valence-electron chi connectivity index (χ0n) is 14.9. The van der Waals surface area contributed by atoms with Crippen molar-refractivity contribution in [3.05, 3.63) is 47.5 Å². The number of hydrogen-bond acceptors (Lipinski definition) is 4. The van der Waals surface area contributed by atoms with Crippen LogP contribution in [0.15, 0.2) is 30.6 Å². The Hall–Kier alpha value is -2.26. The van der Waals surface area contributed by atoms with Gasteiger partial charge >= 0.3 is 6.18 Å². The Kier molecular flexibility index (Phi) is 6.95. The number of rotatable bonds is 4. The van der Waals surface area contributed by atoms with E-state index >= 15 is 0 Å². The fourth-order valence-electron chi connectivity index (χ4n) is 2.89. The van der Waals surface area contributed by atoms with Gasteiger partial charge in [0.1, 0.15) is 11.9 Å². The van der Waals surface area contributed by atoms with Crippen molar-refractivity contribution in [1.29, 1.82) is 0 Å². The number of amides is 1. The summed E-state index contributed by atoms with van der Waals surface area (Å²) in [5.74, 6) is -0.310. The number of aromatic nitrogens is 2. The first-order valence-corrected chi connectivity index (χ1v) is 8.38. The fraction of sp³-hybridized carbons (Fsp3) is 0.389. The van der Waals surface area contributed by atoms with Gasteiger partial charge in [0.25, 0.3) is 0 Å². The van der Waals surface area contributed by atoms with Gasteiger partial charge in [0.05, 0.1) is 18.3 Å². The summed E-state index contributed by atoms with van der Waals surface area (Å²) in [7, 11) is 0. The standard InChI is InChI=1S/C18H18F4N4O.ClH/c1-10-6-23-13(9-26-17(27)15-4-12(19)8-24-15)5-14(10)11-2-3-16(25-7-11)18(20,21)22;/h2-3,5-7,12,15,24H,4,8-9H2,1H3,(H,26,27);1H/t12-,15-;/m1./s1. The maximum atomic E-state index is 13.2. The molecule has 3 heterocycles. The molecule has 0 saturated carbocycles. The number of nitrogens with one attached hydrogen (secondary N) is 2. The van der Waals surface area contributed by atoms with Crippen LogP contribution in [0.5, 0.6) is 0 Å². The highest BCUT2D eigenvalue weighted by Gasteiger charge is 2.32. The smallest absolute Gasteiger partial charge is 0.349 e. The third-order valence-corrected chi connectivity index (χ3v) is 4.36. The van der Waals surface area contributed by atoms with E-state index in [1.165, 1.54) is 6.07 Å². The van der Waals surface area contributed by atoms with Crippen molar-refractivity contribution in [1.82, 2.24) is 20.6 Å². The Morgan fingerprint density at radius 1 is 1.29 bits per heavy atom. The van der Waals surface area contributed by atoms with E-state index in [2.05, 4.69) is 20.6 Å². The maximum Gasteiger partial charge on any atom is 0.433 e. The van der Waals surface area contributed by atoms with Crippen LogP contribution in [0.2, 0.25) is 0 Å². The topological polar surface area (TPSA) is 66.9 Å². The van der Waals surface area contributed by atoms with Crippen LogP contribution in [0.4, 0.5) is 17.6 Å². The van der Waals surface area contributed by atoms with Crippen molar-refractivity contribution < 1.29 is 22.4 Å². The van der Waals surface area contributed by atoms with Crippen LogP contribution in [0.3, 0.4) is 0 Å². The SMILES string of the molecule is Cc1cnc(CNC(=O)[C@H]2C[C@@H](F)CN2)cc1-c1ccc(C(F)(F)F)nc1.Cl. The van der Waals surface area contributed by atoms with Crippen molar-refractivity contribution in [2.75, 3.05) is 6.54 Å². The van der Waals surface area contributed by atoms with Gasteiger partial charge in [-0.2, -0.15) is 13.2 Å². The van der Waals surface area contributed by atoms with E-state index in [9.17, 15) is 22.4 Å². The predicted molar refractivity (Wildman–Crippen MR) is 97.6 cm³/mol. The van der Waals surface area contributed by atoms with Crippen LogP contribution in [0, 0.1) is 6.92 Å². The lowest BCUT2D eigenvalue weighted by Gasteiger charge is -2.12. The molecule has 0 bridgehead atoms. The Labute approximate surface area is 165 Å². The molecule has 0 aromatic carbocycles. The highest BCUT2D eigenvalue weighted by Crippen LogP contribution is 2.30. The van der Waals surface area contributed by atoms with Crippen molar-refractivity contribution in [3.63, 3.8) is 0 Å². The Morgan fingerprint density at radius 3 is 2.61 bits per heavy atom. The van der Waals surface area contributed by atoms with E-state index in [1.807, 2.05) is 0 Å². The van der Waals surface area contributed by atoms with Crippen molar-refractivity contribution in [2.45, 2.75) is 38.3 Å². The highest BCUT2D eigenvalue weighted by atomic mass is 35.5. The molecule has 1 amide bonds. The summed E-state index contributed by atoms with van der Waals surface area (Å²) >= 11 is 0. The van der Waals surface area contributed by atoms with E-state index in [0.29, 0.717) is 16.8 Å². The minimum absolute atomic E-state index is 0. The molecule has 2 aromatic heterocycles. The molecule has 0 spiro atoms. The molecule has 2 N–H and O–H groups in total. The molecule has 28 heavy (non-hydrogen) atoms. The van der Waals surface area contributed by atoms with E-state index in [1.54, 1.807) is 19.2 Å². The van der Waals surface area contributed by atoms with Gasteiger partial charge in [-0.05, 0) is 30.2 Å². The fourth-order valence-corrected chi connectivity index (χ4v) is 2.89. The normalized spacial score (nSPS) is 19.2. The quantitative estimate of drug-likeness (QED) is 0.748. The van der Waals surface area contributed by atoms with Crippen LogP contribution in [0.1, 0.15) is 23.4 Å². The van der Waals surface area contributed by atoms with Crippen molar-refractivity contribution in [2.24, 2.45) is 0 Å².